The summed E-state index contributed by atoms with van der Waals surface area (Å²) in [5, 5.41) is 23.1. The Morgan fingerprint density at radius 1 is 1.06 bits per heavy atom. The summed E-state index contributed by atoms with van der Waals surface area (Å²) in [6.45, 7) is -0.289. The third-order valence-electron chi connectivity index (χ3n) is 6.09. The van der Waals surface area contributed by atoms with E-state index in [9.17, 15) is 9.90 Å². The number of carbonyl (C=O) groups is 1. The molecule has 1 saturated carbocycles. The molecule has 3 N–H and O–H groups in total. The van der Waals surface area contributed by atoms with Gasteiger partial charge < -0.3 is 24.7 Å². The summed E-state index contributed by atoms with van der Waals surface area (Å²) in [6, 6.07) is 16.9. The molecular formula is C26H25N3O5. The molecule has 0 bridgehead atoms. The first-order valence-corrected chi connectivity index (χ1v) is 11.3. The van der Waals surface area contributed by atoms with Crippen LogP contribution in [0.25, 0.3) is 33.6 Å². The monoisotopic (exact) mass is 459 g/mol. The highest BCUT2D eigenvalue weighted by molar-refractivity contribution is 6.05. The number of aliphatic carboxylic acids is 1. The molecule has 2 aromatic carbocycles. The van der Waals surface area contributed by atoms with Crippen molar-refractivity contribution in [1.29, 1.82) is 0 Å². The molecule has 2 atom stereocenters. The zero-order valence-electron chi connectivity index (χ0n) is 18.5. The lowest BCUT2D eigenvalue weighted by atomic mass is 9.92. The maximum Gasteiger partial charge on any atom is 0.329 e. The zero-order chi connectivity index (χ0) is 23.5. The van der Waals surface area contributed by atoms with E-state index in [2.05, 4.69) is 15.3 Å². The minimum absolute atomic E-state index is 0.0772. The van der Waals surface area contributed by atoms with Gasteiger partial charge in [-0.15, -0.1) is 0 Å². The molecule has 8 heteroatoms. The lowest BCUT2D eigenvalue weighted by Crippen LogP contribution is -2.33. The third kappa shape index (κ3) is 4.58. The molecule has 1 aliphatic rings. The van der Waals surface area contributed by atoms with Crippen molar-refractivity contribution in [1.82, 2.24) is 9.97 Å². The topological polar surface area (TPSA) is 118 Å². The quantitative estimate of drug-likeness (QED) is 0.350. The molecule has 34 heavy (non-hydrogen) atoms. The number of anilines is 1. The summed E-state index contributed by atoms with van der Waals surface area (Å²) in [7, 11) is 0. The van der Waals surface area contributed by atoms with Gasteiger partial charge in [-0.1, -0.05) is 42.5 Å². The highest BCUT2D eigenvalue weighted by Gasteiger charge is 2.27. The van der Waals surface area contributed by atoms with Crippen LogP contribution in [0, 0.1) is 0 Å². The zero-order valence-corrected chi connectivity index (χ0v) is 18.5. The first kappa shape index (κ1) is 21.9. The number of nitrogens with one attached hydrogen (secondary N) is 1. The minimum atomic E-state index is -0.960. The second-order valence-electron chi connectivity index (χ2n) is 8.46. The van der Waals surface area contributed by atoms with Gasteiger partial charge in [-0.25, -0.2) is 14.8 Å². The van der Waals surface area contributed by atoms with Crippen LogP contribution in [-0.2, 0) is 9.53 Å². The molecule has 0 saturated heterocycles. The normalized spacial score (nSPS) is 18.1. The number of phenolic OH excluding ortho intramolecular Hbond substituents is 1. The van der Waals surface area contributed by atoms with Gasteiger partial charge >= 0.3 is 5.97 Å². The van der Waals surface area contributed by atoms with Gasteiger partial charge in [0.1, 0.15) is 30.3 Å². The Kier molecular flexibility index (Phi) is 6.14. The predicted octanol–water partition coefficient (Wildman–Crippen LogP) is 5.09. The Hall–Kier alpha value is -3.91. The average Bonchev–Trinajstić information content (AvgIpc) is 3.25. The Balaban J connectivity index is 1.55. The van der Waals surface area contributed by atoms with E-state index in [0.29, 0.717) is 23.7 Å². The van der Waals surface area contributed by atoms with Gasteiger partial charge in [0, 0.05) is 17.2 Å². The van der Waals surface area contributed by atoms with E-state index in [1.165, 1.54) is 6.33 Å². The van der Waals surface area contributed by atoms with Crippen LogP contribution in [0.5, 0.6) is 5.75 Å². The number of hydrogen-bond donors (Lipinski definition) is 3. The van der Waals surface area contributed by atoms with Gasteiger partial charge in [0.2, 0.25) is 5.71 Å². The molecule has 0 aliphatic heterocycles. The van der Waals surface area contributed by atoms with Crippen LogP contribution in [0.2, 0.25) is 0 Å². The maximum absolute atomic E-state index is 10.9. The number of rotatable bonds is 7. The summed E-state index contributed by atoms with van der Waals surface area (Å²) >= 11 is 0. The summed E-state index contributed by atoms with van der Waals surface area (Å²) < 4.78 is 11.8. The van der Waals surface area contributed by atoms with Crippen LogP contribution < -0.4 is 5.32 Å². The number of aromatic nitrogens is 2. The predicted molar refractivity (Wildman–Crippen MR) is 128 cm³/mol. The number of benzene rings is 2. The molecule has 0 unspecified atom stereocenters. The Labute approximate surface area is 196 Å². The Morgan fingerprint density at radius 2 is 1.85 bits per heavy atom. The smallest absolute Gasteiger partial charge is 0.329 e. The fraction of sp³-hybridized carbons (Fsp3) is 0.269. The summed E-state index contributed by atoms with van der Waals surface area (Å²) in [5.74, 6) is 0.555. The highest BCUT2D eigenvalue weighted by atomic mass is 16.5. The number of hydrogen-bond acceptors (Lipinski definition) is 7. The van der Waals surface area contributed by atoms with Crippen LogP contribution in [0.15, 0.2) is 65.3 Å². The molecule has 1 fully saturated rings. The van der Waals surface area contributed by atoms with Crippen LogP contribution in [0.1, 0.15) is 25.7 Å². The van der Waals surface area contributed by atoms with Crippen molar-refractivity contribution >= 4 is 22.9 Å². The molecule has 174 valence electrons. The van der Waals surface area contributed by atoms with Gasteiger partial charge in [-0.2, -0.15) is 0 Å². The van der Waals surface area contributed by atoms with E-state index in [1.807, 2.05) is 42.5 Å². The van der Waals surface area contributed by atoms with Gasteiger partial charge in [0.05, 0.1) is 11.5 Å². The number of fused-ring (bicyclic) bond motifs is 1. The lowest BCUT2D eigenvalue weighted by Gasteiger charge is -2.29. The molecule has 5 rings (SSSR count). The Morgan fingerprint density at radius 3 is 2.62 bits per heavy atom. The van der Waals surface area contributed by atoms with Crippen molar-refractivity contribution in [3.63, 3.8) is 0 Å². The summed E-state index contributed by atoms with van der Waals surface area (Å²) in [5.41, 5.74) is 3.10. The van der Waals surface area contributed by atoms with Gasteiger partial charge in [-0.05, 0) is 43.4 Å². The number of nitrogens with zero attached hydrogens (tertiary/aromatic N) is 2. The number of carboxylic acids is 1. The molecule has 2 heterocycles. The maximum atomic E-state index is 10.9. The summed E-state index contributed by atoms with van der Waals surface area (Å²) in [4.78, 5) is 19.8. The van der Waals surface area contributed by atoms with Crippen molar-refractivity contribution in [2.45, 2.75) is 37.8 Å². The first-order valence-electron chi connectivity index (χ1n) is 11.3. The summed E-state index contributed by atoms with van der Waals surface area (Å²) in [6.07, 6.45) is 4.76. The van der Waals surface area contributed by atoms with Crippen molar-refractivity contribution in [3.8, 4) is 28.2 Å². The number of aromatic hydroxyl groups is 1. The first-order chi connectivity index (χ1) is 16.6. The van der Waals surface area contributed by atoms with Gasteiger partial charge in [-0.3, -0.25) is 0 Å². The van der Waals surface area contributed by atoms with Crippen molar-refractivity contribution < 1.29 is 24.2 Å². The SMILES string of the molecule is O=C(O)CO[C@@H]1CCC[C@H](Nc2ncnc3oc(-c4ccccc4)c(-c4ccc(O)cc4)c23)C1. The fourth-order valence-electron chi connectivity index (χ4n) is 4.55. The van der Waals surface area contributed by atoms with E-state index in [1.54, 1.807) is 12.1 Å². The average molecular weight is 460 g/mol. The third-order valence-corrected chi connectivity index (χ3v) is 6.09. The largest absolute Gasteiger partial charge is 0.508 e. The van der Waals surface area contributed by atoms with E-state index < -0.39 is 5.97 Å². The number of phenols is 1. The van der Waals surface area contributed by atoms with Crippen molar-refractivity contribution in [2.75, 3.05) is 11.9 Å². The lowest BCUT2D eigenvalue weighted by molar-refractivity contribution is -0.145. The molecule has 8 nitrogen and oxygen atoms in total. The standard InChI is InChI=1S/C26H25N3O5/c30-19-11-9-16(10-12-19)22-23-25(29-18-7-4-8-20(13-18)33-14-21(31)32)27-15-28-26(23)34-24(22)17-5-2-1-3-6-17/h1-3,5-6,9-12,15,18,20,30H,4,7-8,13-14H2,(H,31,32)(H,27,28,29)/t18-,20+/m0/s1. The highest BCUT2D eigenvalue weighted by Crippen LogP contribution is 2.43. The molecule has 0 spiro atoms. The fourth-order valence-corrected chi connectivity index (χ4v) is 4.55. The van der Waals surface area contributed by atoms with Gasteiger partial charge in [0.15, 0.2) is 0 Å². The molecule has 4 aromatic rings. The van der Waals surface area contributed by atoms with E-state index in [0.717, 1.165) is 41.3 Å². The van der Waals surface area contributed by atoms with Crippen LogP contribution in [0.3, 0.4) is 0 Å². The minimum Gasteiger partial charge on any atom is -0.508 e. The van der Waals surface area contributed by atoms with E-state index in [-0.39, 0.29) is 24.5 Å². The van der Waals surface area contributed by atoms with Gasteiger partial charge in [0.25, 0.3) is 0 Å². The van der Waals surface area contributed by atoms with Crippen LogP contribution >= 0.6 is 0 Å². The number of ether oxygens (including phenoxy) is 1. The molecule has 0 radical (unpaired) electrons. The van der Waals surface area contributed by atoms with Crippen molar-refractivity contribution in [3.05, 3.63) is 60.9 Å². The molecule has 2 aromatic heterocycles. The van der Waals surface area contributed by atoms with Crippen LogP contribution in [-0.4, -0.2) is 44.9 Å². The number of furan rings is 1. The second kappa shape index (κ2) is 9.52. The van der Waals surface area contributed by atoms with Crippen LogP contribution in [0.4, 0.5) is 5.82 Å². The molecule has 1 aliphatic carbocycles. The molecule has 0 amide bonds. The van der Waals surface area contributed by atoms with E-state index in [4.69, 9.17) is 14.3 Å². The van der Waals surface area contributed by atoms with Crippen molar-refractivity contribution in [2.24, 2.45) is 0 Å². The molecular weight excluding hydrogens is 434 g/mol. The second-order valence-corrected chi connectivity index (χ2v) is 8.46. The van der Waals surface area contributed by atoms with E-state index >= 15 is 0 Å². The Bertz CT molecular complexity index is 1290. The number of carboxylic acid groups (broad SMARTS) is 1.